The lowest BCUT2D eigenvalue weighted by Crippen LogP contribution is -2.30. The van der Waals surface area contributed by atoms with Gasteiger partial charge < -0.3 is 14.2 Å². The Morgan fingerprint density at radius 1 is 0.967 bits per heavy atom. The second kappa shape index (κ2) is 8.49. The molecule has 0 spiro atoms. The van der Waals surface area contributed by atoms with Crippen molar-refractivity contribution >= 4 is 22.5 Å². The van der Waals surface area contributed by atoms with E-state index >= 15 is 0 Å². The van der Waals surface area contributed by atoms with Crippen molar-refractivity contribution in [2.45, 2.75) is 25.7 Å². The van der Waals surface area contributed by atoms with E-state index in [0.29, 0.717) is 22.8 Å². The minimum Gasteiger partial charge on any atom is -0.493 e. The number of aryl methyl sites for hydroxylation is 1. The number of hydrazine groups is 1. The fourth-order valence-corrected chi connectivity index (χ4v) is 3.92. The van der Waals surface area contributed by atoms with Gasteiger partial charge in [0, 0.05) is 16.6 Å². The van der Waals surface area contributed by atoms with E-state index < -0.39 is 0 Å². The van der Waals surface area contributed by atoms with Crippen molar-refractivity contribution in [3.8, 4) is 17.2 Å². The number of aromatic nitrogens is 1. The summed E-state index contributed by atoms with van der Waals surface area (Å²) in [6, 6.07) is 11.2. The first kappa shape index (κ1) is 19.8. The summed E-state index contributed by atoms with van der Waals surface area (Å²) in [6.45, 7) is 0. The van der Waals surface area contributed by atoms with E-state index in [-0.39, 0.29) is 5.91 Å². The number of pyridine rings is 1. The van der Waals surface area contributed by atoms with E-state index in [0.717, 1.165) is 48.0 Å². The summed E-state index contributed by atoms with van der Waals surface area (Å²) in [5.41, 5.74) is 10.5. The van der Waals surface area contributed by atoms with Crippen LogP contribution in [0.3, 0.4) is 0 Å². The number of ether oxygens (including phenoxy) is 3. The number of amides is 1. The molecule has 7 heteroatoms. The van der Waals surface area contributed by atoms with E-state index in [1.54, 1.807) is 12.1 Å². The van der Waals surface area contributed by atoms with Gasteiger partial charge >= 0.3 is 0 Å². The maximum absolute atomic E-state index is 12.9. The van der Waals surface area contributed by atoms with Crippen molar-refractivity contribution < 1.29 is 19.0 Å². The van der Waals surface area contributed by atoms with E-state index in [9.17, 15) is 4.79 Å². The number of fused-ring (bicyclic) bond motifs is 2. The fourth-order valence-electron chi connectivity index (χ4n) is 3.92. The highest BCUT2D eigenvalue weighted by Gasteiger charge is 2.20. The first-order valence-electron chi connectivity index (χ1n) is 9.93. The molecule has 3 aromatic rings. The maximum atomic E-state index is 12.9. The molecule has 1 aliphatic rings. The number of benzene rings is 2. The number of methoxy groups -OCH3 is 3. The molecule has 0 atom stereocenters. The second-order valence-corrected chi connectivity index (χ2v) is 7.13. The molecule has 4 rings (SSSR count). The van der Waals surface area contributed by atoms with Crippen LogP contribution in [0.15, 0.2) is 36.4 Å². The molecule has 1 aliphatic carbocycles. The van der Waals surface area contributed by atoms with Crippen LogP contribution >= 0.6 is 0 Å². The number of hydrogen-bond donors (Lipinski definition) is 2. The van der Waals surface area contributed by atoms with Crippen LogP contribution in [0.5, 0.6) is 17.2 Å². The monoisotopic (exact) mass is 407 g/mol. The van der Waals surface area contributed by atoms with Gasteiger partial charge in [0.2, 0.25) is 5.75 Å². The first-order valence-corrected chi connectivity index (χ1v) is 9.93. The summed E-state index contributed by atoms with van der Waals surface area (Å²) < 4.78 is 16.0. The highest BCUT2D eigenvalue weighted by Crippen LogP contribution is 2.38. The van der Waals surface area contributed by atoms with Crippen LogP contribution in [-0.2, 0) is 12.8 Å². The van der Waals surface area contributed by atoms with E-state index in [2.05, 4.69) is 10.9 Å². The fraction of sp³-hybridized carbons (Fsp3) is 0.304. The molecule has 0 fully saturated rings. The maximum Gasteiger partial charge on any atom is 0.269 e. The quantitative estimate of drug-likeness (QED) is 0.603. The Hall–Kier alpha value is -3.48. The third-order valence-corrected chi connectivity index (χ3v) is 5.40. The number of nitrogens with zero attached hydrogens (tertiary/aromatic N) is 1. The van der Waals surface area contributed by atoms with Crippen molar-refractivity contribution in [1.29, 1.82) is 0 Å². The summed E-state index contributed by atoms with van der Waals surface area (Å²) in [7, 11) is 4.57. The van der Waals surface area contributed by atoms with Gasteiger partial charge in [0.05, 0.1) is 32.5 Å². The number of carbonyl (C=O) groups excluding carboxylic acids is 1. The average Bonchev–Trinajstić information content (AvgIpc) is 2.80. The van der Waals surface area contributed by atoms with E-state index in [1.165, 1.54) is 26.9 Å². The third kappa shape index (κ3) is 3.58. The number of rotatable bonds is 6. The Kier molecular flexibility index (Phi) is 5.61. The smallest absolute Gasteiger partial charge is 0.269 e. The molecule has 0 saturated carbocycles. The molecule has 156 valence electrons. The molecule has 1 amide bonds. The second-order valence-electron chi connectivity index (χ2n) is 7.13. The molecular weight excluding hydrogens is 382 g/mol. The Labute approximate surface area is 175 Å². The van der Waals surface area contributed by atoms with Crippen LogP contribution in [-0.4, -0.2) is 32.2 Å². The molecule has 0 aliphatic heterocycles. The predicted molar refractivity (Wildman–Crippen MR) is 116 cm³/mol. The van der Waals surface area contributed by atoms with Gasteiger partial charge in [-0.1, -0.05) is 18.2 Å². The van der Waals surface area contributed by atoms with Gasteiger partial charge in [-0.15, -0.1) is 0 Å². The zero-order chi connectivity index (χ0) is 21.1. The minimum atomic E-state index is -0.306. The van der Waals surface area contributed by atoms with Crippen LogP contribution in [0.1, 0.15) is 34.5 Å². The Morgan fingerprint density at radius 2 is 1.67 bits per heavy atom. The molecule has 0 saturated heterocycles. The van der Waals surface area contributed by atoms with Crippen LogP contribution in [0.2, 0.25) is 0 Å². The summed E-state index contributed by atoms with van der Waals surface area (Å²) in [6.07, 6.45) is 4.14. The molecule has 7 nitrogen and oxygen atoms in total. The van der Waals surface area contributed by atoms with Crippen LogP contribution < -0.4 is 25.1 Å². The van der Waals surface area contributed by atoms with Crippen molar-refractivity contribution in [3.05, 3.63) is 53.2 Å². The van der Waals surface area contributed by atoms with Gasteiger partial charge in [-0.3, -0.25) is 20.6 Å². The Balaban J connectivity index is 1.66. The normalized spacial score (nSPS) is 12.8. The molecular formula is C23H25N3O4. The SMILES string of the molecule is COc1cc(C(=O)NNc2c3c(nc4ccccc24)CCCC3)cc(OC)c1OC. The molecule has 0 bridgehead atoms. The van der Waals surface area contributed by atoms with Crippen molar-refractivity contribution in [1.82, 2.24) is 10.4 Å². The molecule has 1 heterocycles. The number of anilines is 1. The van der Waals surface area contributed by atoms with Gasteiger partial charge in [-0.2, -0.15) is 0 Å². The predicted octanol–water partition coefficient (Wildman–Crippen LogP) is 3.90. The molecule has 0 radical (unpaired) electrons. The molecule has 2 N–H and O–H groups in total. The summed E-state index contributed by atoms with van der Waals surface area (Å²) in [5.74, 6) is 0.987. The molecule has 0 unspecified atom stereocenters. The topological polar surface area (TPSA) is 81.7 Å². The first-order chi connectivity index (χ1) is 14.7. The van der Waals surface area contributed by atoms with Gasteiger partial charge in [0.1, 0.15) is 0 Å². The number of carbonyl (C=O) groups is 1. The lowest BCUT2D eigenvalue weighted by molar-refractivity contribution is 0.0962. The van der Waals surface area contributed by atoms with E-state index in [1.807, 2.05) is 24.3 Å². The standard InChI is InChI=1S/C23H25N3O4/c1-28-19-12-14(13-20(29-2)22(19)30-3)23(27)26-25-21-15-8-4-6-10-17(15)24-18-11-7-5-9-16(18)21/h4,6,8,10,12-13H,5,7,9,11H2,1-3H3,(H,24,25)(H,26,27). The highest BCUT2D eigenvalue weighted by atomic mass is 16.5. The van der Waals surface area contributed by atoms with Crippen LogP contribution in [0.4, 0.5) is 5.69 Å². The summed E-state index contributed by atoms with van der Waals surface area (Å²) in [5, 5.41) is 0.989. The van der Waals surface area contributed by atoms with Crippen LogP contribution in [0.25, 0.3) is 10.9 Å². The largest absolute Gasteiger partial charge is 0.493 e. The summed E-state index contributed by atoms with van der Waals surface area (Å²) in [4.78, 5) is 17.7. The van der Waals surface area contributed by atoms with E-state index in [4.69, 9.17) is 19.2 Å². The van der Waals surface area contributed by atoms with Gasteiger partial charge in [0.25, 0.3) is 5.91 Å². The average molecular weight is 407 g/mol. The minimum absolute atomic E-state index is 0.306. The zero-order valence-corrected chi connectivity index (χ0v) is 17.4. The number of hydrogen-bond acceptors (Lipinski definition) is 6. The van der Waals surface area contributed by atoms with Gasteiger partial charge in [-0.25, -0.2) is 0 Å². The number of para-hydroxylation sites is 1. The molecule has 1 aromatic heterocycles. The van der Waals surface area contributed by atoms with Gasteiger partial charge in [-0.05, 0) is 49.4 Å². The number of nitrogens with one attached hydrogen (secondary N) is 2. The summed E-state index contributed by atoms with van der Waals surface area (Å²) >= 11 is 0. The van der Waals surface area contributed by atoms with Gasteiger partial charge in [0.15, 0.2) is 11.5 Å². The Morgan fingerprint density at radius 3 is 2.37 bits per heavy atom. The zero-order valence-electron chi connectivity index (χ0n) is 17.4. The third-order valence-electron chi connectivity index (χ3n) is 5.40. The van der Waals surface area contributed by atoms with Crippen molar-refractivity contribution in [2.75, 3.05) is 26.8 Å². The Bertz CT molecular complexity index is 1070. The molecule has 2 aromatic carbocycles. The molecule has 30 heavy (non-hydrogen) atoms. The lowest BCUT2D eigenvalue weighted by atomic mass is 9.93. The van der Waals surface area contributed by atoms with Crippen molar-refractivity contribution in [3.63, 3.8) is 0 Å². The van der Waals surface area contributed by atoms with Crippen molar-refractivity contribution in [2.24, 2.45) is 0 Å². The lowest BCUT2D eigenvalue weighted by Gasteiger charge is -2.22. The highest BCUT2D eigenvalue weighted by molar-refractivity contribution is 5.98. The van der Waals surface area contributed by atoms with Crippen LogP contribution in [0, 0.1) is 0 Å².